The van der Waals surface area contributed by atoms with E-state index < -0.39 is 0 Å². The van der Waals surface area contributed by atoms with E-state index in [2.05, 4.69) is 17.1 Å². The molecule has 0 bridgehead atoms. The van der Waals surface area contributed by atoms with Gasteiger partial charge < -0.3 is 15.7 Å². The van der Waals surface area contributed by atoms with Crippen molar-refractivity contribution in [3.63, 3.8) is 0 Å². The highest BCUT2D eigenvalue weighted by Crippen LogP contribution is 2.09. The average molecular weight is 265 g/mol. The Hall–Kier alpha value is -1.78. The van der Waals surface area contributed by atoms with Crippen LogP contribution in [0.3, 0.4) is 0 Å². The van der Waals surface area contributed by atoms with Crippen LogP contribution in [0, 0.1) is 0 Å². The minimum atomic E-state index is -0.00924. The summed E-state index contributed by atoms with van der Waals surface area (Å²) < 4.78 is 5.54. The minimum Gasteiger partial charge on any atom is -0.478 e. The molecule has 5 heteroatoms. The topological polar surface area (TPSA) is 80.7 Å². The number of amidine groups is 1. The molecule has 0 aliphatic carbocycles. The molecule has 1 rings (SSSR count). The summed E-state index contributed by atoms with van der Waals surface area (Å²) in [4.78, 5) is 4.15. The molecule has 19 heavy (non-hydrogen) atoms. The van der Waals surface area contributed by atoms with Crippen LogP contribution in [0.25, 0.3) is 0 Å². The second-order valence-electron chi connectivity index (χ2n) is 4.46. The predicted molar refractivity (Wildman–Crippen MR) is 75.6 cm³/mol. The molecule has 0 saturated carbocycles. The van der Waals surface area contributed by atoms with Crippen LogP contribution in [-0.2, 0) is 0 Å². The number of nitrogens with zero attached hydrogens (tertiary/aromatic N) is 2. The van der Waals surface area contributed by atoms with E-state index in [1.165, 1.54) is 32.1 Å². The zero-order chi connectivity index (χ0) is 13.9. The van der Waals surface area contributed by atoms with Crippen LogP contribution >= 0.6 is 0 Å². The first-order chi connectivity index (χ1) is 9.27. The van der Waals surface area contributed by atoms with Gasteiger partial charge in [-0.25, -0.2) is 4.98 Å². The normalized spacial score (nSPS) is 11.5. The van der Waals surface area contributed by atoms with Gasteiger partial charge in [0.1, 0.15) is 5.69 Å². The highest BCUT2D eigenvalue weighted by molar-refractivity contribution is 5.95. The van der Waals surface area contributed by atoms with Gasteiger partial charge in [-0.1, -0.05) is 50.2 Å². The van der Waals surface area contributed by atoms with Crippen LogP contribution in [0.4, 0.5) is 0 Å². The van der Waals surface area contributed by atoms with E-state index >= 15 is 0 Å². The first kappa shape index (κ1) is 15.3. The summed E-state index contributed by atoms with van der Waals surface area (Å²) in [5.41, 5.74) is 5.89. The highest BCUT2D eigenvalue weighted by Gasteiger charge is 2.02. The third-order valence-electron chi connectivity index (χ3n) is 2.84. The molecule has 0 radical (unpaired) electrons. The number of hydrogen-bond donors (Lipinski definition) is 2. The Bertz CT molecular complexity index is 394. The summed E-state index contributed by atoms with van der Waals surface area (Å²) in [7, 11) is 0. The Morgan fingerprint density at radius 1 is 1.26 bits per heavy atom. The van der Waals surface area contributed by atoms with Gasteiger partial charge in [-0.05, 0) is 12.5 Å². The molecule has 0 aliphatic rings. The fraction of sp³-hybridized carbons (Fsp3) is 0.571. The predicted octanol–water partition coefficient (Wildman–Crippen LogP) is 2.92. The summed E-state index contributed by atoms with van der Waals surface area (Å²) in [5, 5.41) is 11.5. The first-order valence-corrected chi connectivity index (χ1v) is 6.85. The number of rotatable bonds is 9. The van der Waals surface area contributed by atoms with Crippen molar-refractivity contribution in [3.8, 4) is 5.88 Å². The molecule has 106 valence electrons. The van der Waals surface area contributed by atoms with E-state index in [9.17, 15) is 0 Å². The zero-order valence-corrected chi connectivity index (χ0v) is 11.5. The molecule has 0 amide bonds. The van der Waals surface area contributed by atoms with Crippen molar-refractivity contribution < 1.29 is 9.94 Å². The number of ether oxygens (including phenoxy) is 1. The summed E-state index contributed by atoms with van der Waals surface area (Å²) in [5.74, 6) is 0.502. The largest absolute Gasteiger partial charge is 0.478 e. The molecule has 1 aromatic heterocycles. The van der Waals surface area contributed by atoms with Gasteiger partial charge in [0.05, 0.1) is 6.61 Å². The number of oxime groups is 1. The summed E-state index contributed by atoms with van der Waals surface area (Å²) in [6, 6.07) is 5.22. The molecule has 0 aromatic carbocycles. The van der Waals surface area contributed by atoms with E-state index in [-0.39, 0.29) is 5.84 Å². The molecular formula is C14H23N3O2. The average Bonchev–Trinajstić information content (AvgIpc) is 2.46. The SMILES string of the molecule is CCCCCCCCOc1cccc(C(N)=NO)n1. The van der Waals surface area contributed by atoms with Crippen LogP contribution in [0.15, 0.2) is 23.4 Å². The van der Waals surface area contributed by atoms with Crippen LogP contribution in [0.5, 0.6) is 5.88 Å². The molecule has 0 spiro atoms. The summed E-state index contributed by atoms with van der Waals surface area (Å²) in [6.07, 6.45) is 7.34. The maximum absolute atomic E-state index is 8.58. The van der Waals surface area contributed by atoms with Gasteiger partial charge in [-0.2, -0.15) is 0 Å². The van der Waals surface area contributed by atoms with Crippen molar-refractivity contribution in [1.82, 2.24) is 4.98 Å². The van der Waals surface area contributed by atoms with E-state index in [0.717, 1.165) is 6.42 Å². The van der Waals surface area contributed by atoms with Gasteiger partial charge in [-0.15, -0.1) is 0 Å². The minimum absolute atomic E-state index is 0.00924. The molecule has 1 heterocycles. The van der Waals surface area contributed by atoms with Gasteiger partial charge in [0.25, 0.3) is 0 Å². The molecule has 5 nitrogen and oxygen atoms in total. The standard InChI is InChI=1S/C14H23N3O2/c1-2-3-4-5-6-7-11-19-13-10-8-9-12(16-13)14(15)17-18/h8-10,18H,2-7,11H2,1H3,(H2,15,17). The quantitative estimate of drug-likeness (QED) is 0.236. The third-order valence-corrected chi connectivity index (χ3v) is 2.84. The van der Waals surface area contributed by atoms with E-state index in [4.69, 9.17) is 15.7 Å². The van der Waals surface area contributed by atoms with E-state index in [0.29, 0.717) is 18.2 Å². The monoisotopic (exact) mass is 265 g/mol. The molecular weight excluding hydrogens is 242 g/mol. The van der Waals surface area contributed by atoms with Crippen molar-refractivity contribution in [3.05, 3.63) is 23.9 Å². The molecule has 0 unspecified atom stereocenters. The first-order valence-electron chi connectivity index (χ1n) is 6.85. The Morgan fingerprint density at radius 2 is 2.00 bits per heavy atom. The molecule has 0 saturated heterocycles. The fourth-order valence-electron chi connectivity index (χ4n) is 1.75. The smallest absolute Gasteiger partial charge is 0.213 e. The maximum Gasteiger partial charge on any atom is 0.213 e. The molecule has 0 aliphatic heterocycles. The van der Waals surface area contributed by atoms with Crippen molar-refractivity contribution >= 4 is 5.84 Å². The maximum atomic E-state index is 8.58. The number of pyridine rings is 1. The number of nitrogens with two attached hydrogens (primary N) is 1. The molecule has 3 N–H and O–H groups in total. The van der Waals surface area contributed by atoms with Crippen molar-refractivity contribution in [2.75, 3.05) is 6.61 Å². The third kappa shape index (κ3) is 6.08. The van der Waals surface area contributed by atoms with Crippen LogP contribution < -0.4 is 10.5 Å². The highest BCUT2D eigenvalue weighted by atomic mass is 16.5. The molecule has 0 fully saturated rings. The van der Waals surface area contributed by atoms with Gasteiger partial charge in [0, 0.05) is 6.07 Å². The van der Waals surface area contributed by atoms with E-state index in [1.54, 1.807) is 18.2 Å². The van der Waals surface area contributed by atoms with Crippen LogP contribution in [0.2, 0.25) is 0 Å². The lowest BCUT2D eigenvalue weighted by atomic mass is 10.1. The summed E-state index contributed by atoms with van der Waals surface area (Å²) >= 11 is 0. The van der Waals surface area contributed by atoms with Crippen molar-refractivity contribution in [2.24, 2.45) is 10.9 Å². The van der Waals surface area contributed by atoms with Gasteiger partial charge in [0.15, 0.2) is 5.84 Å². The lowest BCUT2D eigenvalue weighted by molar-refractivity contribution is 0.293. The molecule has 0 atom stereocenters. The Labute approximate surface area is 114 Å². The fourth-order valence-corrected chi connectivity index (χ4v) is 1.75. The Balaban J connectivity index is 2.26. The number of hydrogen-bond acceptors (Lipinski definition) is 4. The van der Waals surface area contributed by atoms with Gasteiger partial charge in [0.2, 0.25) is 5.88 Å². The second-order valence-corrected chi connectivity index (χ2v) is 4.46. The van der Waals surface area contributed by atoms with Gasteiger partial charge >= 0.3 is 0 Å². The zero-order valence-electron chi connectivity index (χ0n) is 11.5. The van der Waals surface area contributed by atoms with Crippen LogP contribution in [-0.4, -0.2) is 22.6 Å². The van der Waals surface area contributed by atoms with Crippen molar-refractivity contribution in [1.29, 1.82) is 0 Å². The van der Waals surface area contributed by atoms with E-state index in [1.807, 2.05) is 0 Å². The van der Waals surface area contributed by atoms with Crippen LogP contribution in [0.1, 0.15) is 51.1 Å². The van der Waals surface area contributed by atoms with Crippen molar-refractivity contribution in [2.45, 2.75) is 45.4 Å². The summed E-state index contributed by atoms with van der Waals surface area (Å²) in [6.45, 7) is 2.86. The Morgan fingerprint density at radius 3 is 2.74 bits per heavy atom. The second kappa shape index (κ2) is 9.19. The molecule has 1 aromatic rings. The number of aromatic nitrogens is 1. The number of unbranched alkanes of at least 4 members (excludes halogenated alkanes) is 5. The van der Waals surface area contributed by atoms with Gasteiger partial charge in [-0.3, -0.25) is 0 Å². The lowest BCUT2D eigenvalue weighted by Crippen LogP contribution is -2.15. The Kier molecular flexibility index (Phi) is 7.39. The lowest BCUT2D eigenvalue weighted by Gasteiger charge is -2.06.